The van der Waals surface area contributed by atoms with Gasteiger partial charge in [-0.05, 0) is 49.4 Å². The second-order valence-corrected chi connectivity index (χ2v) is 10.7. The van der Waals surface area contributed by atoms with Crippen molar-refractivity contribution in [3.05, 3.63) is 66.2 Å². The van der Waals surface area contributed by atoms with Gasteiger partial charge in [0.25, 0.3) is 0 Å². The van der Waals surface area contributed by atoms with E-state index in [2.05, 4.69) is 32.1 Å². The van der Waals surface area contributed by atoms with E-state index in [0.717, 1.165) is 44.7 Å². The minimum absolute atomic E-state index is 0.0639. The molecule has 0 saturated carbocycles. The Morgan fingerprint density at radius 1 is 1.00 bits per heavy atom. The molecule has 0 unspecified atom stereocenters. The highest BCUT2D eigenvalue weighted by molar-refractivity contribution is 5.96. The molecule has 0 bridgehead atoms. The van der Waals surface area contributed by atoms with E-state index in [9.17, 15) is 4.79 Å². The number of aromatic nitrogens is 2. The average molecular weight is 588 g/mol. The lowest BCUT2D eigenvalue weighted by molar-refractivity contribution is -0.115. The third-order valence-electron chi connectivity index (χ3n) is 7.71. The first-order valence-corrected chi connectivity index (χ1v) is 14.3. The number of piperazine rings is 1. The molecule has 6 rings (SSSR count). The summed E-state index contributed by atoms with van der Waals surface area (Å²) in [5, 5.41) is 3.35. The summed E-state index contributed by atoms with van der Waals surface area (Å²) in [6, 6.07) is 13.5. The number of fused-ring (bicyclic) bond motifs is 2. The molecular formula is C32H34FN5O5. The van der Waals surface area contributed by atoms with Crippen molar-refractivity contribution < 1.29 is 28.1 Å². The predicted octanol–water partition coefficient (Wildman–Crippen LogP) is 4.37. The van der Waals surface area contributed by atoms with Crippen LogP contribution in [0.1, 0.15) is 12.0 Å². The first-order valence-electron chi connectivity index (χ1n) is 14.3. The standard InChI is InChI=1S/C32H34FN5O5/c1-37-9-11-38(12-10-37)8-3-13-41-30-18-26-23(17-28(30)40-2)32(35-19-34-26)22-5-6-25(24(33)16-22)36-31(39)15-21-4-7-27-29(14-21)43-20-42-27/h4-7,14,16-19H,3,8-13,15,20H2,1-2H3,(H,36,39). The van der Waals surface area contributed by atoms with Crippen LogP contribution in [-0.4, -0.2) is 86.0 Å². The van der Waals surface area contributed by atoms with Gasteiger partial charge in [-0.25, -0.2) is 14.4 Å². The Balaban J connectivity index is 1.13. The summed E-state index contributed by atoms with van der Waals surface area (Å²) in [5.41, 5.74) is 2.56. The zero-order valence-corrected chi connectivity index (χ0v) is 24.3. The lowest BCUT2D eigenvalue weighted by Crippen LogP contribution is -2.44. The third kappa shape index (κ3) is 6.63. The molecule has 0 atom stereocenters. The van der Waals surface area contributed by atoms with Crippen LogP contribution in [0.3, 0.4) is 0 Å². The molecule has 10 nitrogen and oxygen atoms in total. The number of hydrogen-bond acceptors (Lipinski definition) is 9. The number of nitrogens with zero attached hydrogens (tertiary/aromatic N) is 4. The van der Waals surface area contributed by atoms with Crippen molar-refractivity contribution >= 4 is 22.5 Å². The second-order valence-electron chi connectivity index (χ2n) is 10.7. The highest BCUT2D eigenvalue weighted by Crippen LogP contribution is 2.36. The number of rotatable bonds is 10. The van der Waals surface area contributed by atoms with E-state index in [1.165, 1.54) is 18.5 Å². The molecule has 2 aliphatic rings. The number of carbonyl (C=O) groups is 1. The molecule has 3 aromatic carbocycles. The van der Waals surface area contributed by atoms with Gasteiger partial charge < -0.3 is 34.1 Å². The molecule has 11 heteroatoms. The number of hydrogen-bond donors (Lipinski definition) is 1. The highest BCUT2D eigenvalue weighted by atomic mass is 19.1. The molecule has 224 valence electrons. The lowest BCUT2D eigenvalue weighted by atomic mass is 10.0. The Hall–Kier alpha value is -4.48. The fraction of sp³-hybridized carbons (Fsp3) is 0.344. The van der Waals surface area contributed by atoms with E-state index < -0.39 is 5.82 Å². The minimum atomic E-state index is -0.574. The number of nitrogens with one attached hydrogen (secondary N) is 1. The number of carbonyl (C=O) groups excluding carboxylic acids is 1. The summed E-state index contributed by atoms with van der Waals surface area (Å²) in [4.78, 5) is 26.3. The van der Waals surface area contributed by atoms with E-state index in [1.807, 2.05) is 12.1 Å². The molecule has 1 amide bonds. The molecule has 1 aromatic heterocycles. The van der Waals surface area contributed by atoms with Crippen molar-refractivity contribution in [2.45, 2.75) is 12.8 Å². The quantitative estimate of drug-likeness (QED) is 0.271. The van der Waals surface area contributed by atoms with Crippen molar-refractivity contribution in [2.24, 2.45) is 0 Å². The molecule has 2 aliphatic heterocycles. The summed E-state index contributed by atoms with van der Waals surface area (Å²) in [6.07, 6.45) is 2.41. The average Bonchev–Trinajstić information content (AvgIpc) is 3.48. The molecule has 1 fully saturated rings. The number of likely N-dealkylation sites (N-methyl/N-ethyl adjacent to an activating group) is 1. The van der Waals surface area contributed by atoms with Gasteiger partial charge in [0.05, 0.1) is 37.0 Å². The number of methoxy groups -OCH3 is 1. The van der Waals surface area contributed by atoms with E-state index in [0.29, 0.717) is 51.8 Å². The molecule has 4 aromatic rings. The van der Waals surface area contributed by atoms with E-state index in [-0.39, 0.29) is 24.8 Å². The van der Waals surface area contributed by atoms with Crippen LogP contribution in [-0.2, 0) is 11.2 Å². The van der Waals surface area contributed by atoms with Gasteiger partial charge in [-0.3, -0.25) is 4.79 Å². The summed E-state index contributed by atoms with van der Waals surface area (Å²) in [6.45, 7) is 6.02. The van der Waals surface area contributed by atoms with Gasteiger partial charge in [-0.1, -0.05) is 12.1 Å². The van der Waals surface area contributed by atoms with Gasteiger partial charge >= 0.3 is 0 Å². The summed E-state index contributed by atoms with van der Waals surface area (Å²) in [5.74, 6) is 1.46. The molecule has 0 aliphatic carbocycles. The van der Waals surface area contributed by atoms with Crippen LogP contribution in [0.15, 0.2) is 54.9 Å². The van der Waals surface area contributed by atoms with E-state index in [1.54, 1.807) is 31.4 Å². The zero-order chi connectivity index (χ0) is 29.8. The number of anilines is 1. The topological polar surface area (TPSA) is 98.3 Å². The lowest BCUT2D eigenvalue weighted by Gasteiger charge is -2.32. The fourth-order valence-corrected chi connectivity index (χ4v) is 5.30. The summed E-state index contributed by atoms with van der Waals surface area (Å²) in [7, 11) is 3.74. The van der Waals surface area contributed by atoms with Crippen molar-refractivity contribution in [2.75, 3.05) is 65.6 Å². The second kappa shape index (κ2) is 12.8. The Bertz CT molecular complexity index is 1630. The maximum atomic E-state index is 15.2. The number of ether oxygens (including phenoxy) is 4. The monoisotopic (exact) mass is 587 g/mol. The Labute approximate surface area is 249 Å². The van der Waals surface area contributed by atoms with Crippen LogP contribution in [0, 0.1) is 5.82 Å². The minimum Gasteiger partial charge on any atom is -0.493 e. The van der Waals surface area contributed by atoms with E-state index >= 15 is 4.39 Å². The number of amides is 1. The van der Waals surface area contributed by atoms with Gasteiger partial charge in [0.2, 0.25) is 12.7 Å². The SMILES string of the molecule is COc1cc2c(-c3ccc(NC(=O)Cc4ccc5c(c4)OCO5)c(F)c3)ncnc2cc1OCCCN1CCN(C)CC1. The predicted molar refractivity (Wildman–Crippen MR) is 160 cm³/mol. The molecule has 3 heterocycles. The normalized spacial score (nSPS) is 15.0. The van der Waals surface area contributed by atoms with Crippen LogP contribution in [0.4, 0.5) is 10.1 Å². The number of halogens is 1. The van der Waals surface area contributed by atoms with Crippen molar-refractivity contribution in [1.29, 1.82) is 0 Å². The van der Waals surface area contributed by atoms with Gasteiger partial charge in [0, 0.05) is 49.7 Å². The zero-order valence-electron chi connectivity index (χ0n) is 24.3. The first kappa shape index (κ1) is 28.6. The van der Waals surface area contributed by atoms with Crippen LogP contribution in [0.5, 0.6) is 23.0 Å². The molecule has 1 N–H and O–H groups in total. The van der Waals surface area contributed by atoms with Crippen LogP contribution in [0.2, 0.25) is 0 Å². The van der Waals surface area contributed by atoms with Crippen LogP contribution < -0.4 is 24.3 Å². The number of benzene rings is 3. The van der Waals surface area contributed by atoms with Crippen molar-refractivity contribution in [3.8, 4) is 34.3 Å². The van der Waals surface area contributed by atoms with Crippen LogP contribution >= 0.6 is 0 Å². The fourth-order valence-electron chi connectivity index (χ4n) is 5.30. The Kier molecular flexibility index (Phi) is 8.52. The molecule has 0 radical (unpaired) electrons. The maximum absolute atomic E-state index is 15.2. The maximum Gasteiger partial charge on any atom is 0.231 e. The summed E-state index contributed by atoms with van der Waals surface area (Å²) >= 11 is 0. The highest BCUT2D eigenvalue weighted by Gasteiger charge is 2.18. The van der Waals surface area contributed by atoms with Gasteiger partial charge in [0.1, 0.15) is 12.1 Å². The third-order valence-corrected chi connectivity index (χ3v) is 7.71. The Morgan fingerprint density at radius 2 is 1.84 bits per heavy atom. The largest absolute Gasteiger partial charge is 0.493 e. The Morgan fingerprint density at radius 3 is 2.65 bits per heavy atom. The first-order chi connectivity index (χ1) is 21.0. The summed E-state index contributed by atoms with van der Waals surface area (Å²) < 4.78 is 37.6. The van der Waals surface area contributed by atoms with Gasteiger partial charge in [-0.2, -0.15) is 0 Å². The van der Waals surface area contributed by atoms with Crippen LogP contribution in [0.25, 0.3) is 22.2 Å². The molecule has 1 saturated heterocycles. The van der Waals surface area contributed by atoms with Gasteiger partial charge in [-0.15, -0.1) is 0 Å². The van der Waals surface area contributed by atoms with Crippen molar-refractivity contribution in [3.63, 3.8) is 0 Å². The van der Waals surface area contributed by atoms with Crippen molar-refractivity contribution in [1.82, 2.24) is 19.8 Å². The van der Waals surface area contributed by atoms with Gasteiger partial charge in [0.15, 0.2) is 23.0 Å². The smallest absolute Gasteiger partial charge is 0.231 e. The molecule has 43 heavy (non-hydrogen) atoms. The van der Waals surface area contributed by atoms with E-state index in [4.69, 9.17) is 18.9 Å². The molecule has 0 spiro atoms. The molecular weight excluding hydrogens is 553 g/mol.